The Hall–Kier alpha value is -1.36. The van der Waals surface area contributed by atoms with Crippen LogP contribution in [0.3, 0.4) is 0 Å². The summed E-state index contributed by atoms with van der Waals surface area (Å²) in [4.78, 5) is 9.91. The van der Waals surface area contributed by atoms with E-state index in [1.807, 2.05) is 0 Å². The van der Waals surface area contributed by atoms with Crippen LogP contribution in [-0.2, 0) is 0 Å². The molecule has 5 heteroatoms. The van der Waals surface area contributed by atoms with Crippen LogP contribution in [0.5, 0.6) is 5.75 Å². The molecule has 0 aromatic heterocycles. The van der Waals surface area contributed by atoms with Gasteiger partial charge in [-0.2, -0.15) is 0 Å². The minimum atomic E-state index is -0.413. The Morgan fingerprint density at radius 3 is 2.67 bits per heavy atom. The molecule has 0 aliphatic rings. The molecule has 0 heterocycles. The summed E-state index contributed by atoms with van der Waals surface area (Å²) in [6.45, 7) is 1.79. The lowest BCUT2D eigenvalue weighted by Crippen LogP contribution is -1.92. The number of hydrogen-bond donors (Lipinski definition) is 0. The molecule has 0 N–H and O–H groups in total. The molecule has 0 spiro atoms. The van der Waals surface area contributed by atoms with Crippen molar-refractivity contribution in [2.75, 3.05) is 0 Å². The van der Waals surface area contributed by atoms with Crippen molar-refractivity contribution in [1.29, 1.82) is 0 Å². The summed E-state index contributed by atoms with van der Waals surface area (Å²) in [6.07, 6.45) is 0. The molecule has 64 valence electrons. The SMILES string of the molecule is Cc1cc([N+](=O)[O-])ccc1O[SiH3]. The highest BCUT2D eigenvalue weighted by Gasteiger charge is 2.06. The van der Waals surface area contributed by atoms with E-state index in [9.17, 15) is 10.1 Å². The van der Waals surface area contributed by atoms with Gasteiger partial charge in [0.1, 0.15) is 5.75 Å². The summed E-state index contributed by atoms with van der Waals surface area (Å²) >= 11 is 0. The van der Waals surface area contributed by atoms with Gasteiger partial charge in [-0.3, -0.25) is 10.1 Å². The third kappa shape index (κ3) is 1.62. The van der Waals surface area contributed by atoms with Crippen LogP contribution >= 0.6 is 0 Å². The van der Waals surface area contributed by atoms with Gasteiger partial charge in [0.05, 0.1) is 4.92 Å². The van der Waals surface area contributed by atoms with Gasteiger partial charge < -0.3 is 4.43 Å². The van der Waals surface area contributed by atoms with Crippen LogP contribution in [0.2, 0.25) is 0 Å². The number of nitro benzene ring substituents is 1. The van der Waals surface area contributed by atoms with Crippen molar-refractivity contribution in [3.63, 3.8) is 0 Å². The van der Waals surface area contributed by atoms with Crippen LogP contribution in [0.4, 0.5) is 5.69 Å². The maximum absolute atomic E-state index is 10.3. The molecule has 0 amide bonds. The second kappa shape index (κ2) is 3.36. The first-order valence-electron chi connectivity index (χ1n) is 3.44. The van der Waals surface area contributed by atoms with Gasteiger partial charge in [-0.1, -0.05) is 0 Å². The molecule has 1 rings (SSSR count). The van der Waals surface area contributed by atoms with Gasteiger partial charge >= 0.3 is 0 Å². The van der Waals surface area contributed by atoms with Gasteiger partial charge in [-0.25, -0.2) is 0 Å². The molecule has 0 atom stereocenters. The normalized spacial score (nSPS) is 9.75. The predicted octanol–water partition coefficient (Wildman–Crippen LogP) is 0.562. The van der Waals surface area contributed by atoms with Crippen molar-refractivity contribution in [2.45, 2.75) is 6.92 Å². The lowest BCUT2D eigenvalue weighted by Gasteiger charge is -2.03. The molecule has 12 heavy (non-hydrogen) atoms. The summed E-state index contributed by atoms with van der Waals surface area (Å²) in [7, 11) is 0.599. The summed E-state index contributed by atoms with van der Waals surface area (Å²) in [5, 5.41) is 10.3. The number of benzene rings is 1. The fraction of sp³-hybridized carbons (Fsp3) is 0.143. The molecule has 0 radical (unpaired) electrons. The van der Waals surface area contributed by atoms with E-state index in [1.165, 1.54) is 12.1 Å². The zero-order chi connectivity index (χ0) is 9.14. The minimum absolute atomic E-state index is 0.106. The number of rotatable bonds is 2. The molecule has 0 saturated carbocycles. The first-order chi connectivity index (χ1) is 5.65. The average molecular weight is 183 g/mol. The van der Waals surface area contributed by atoms with Crippen LogP contribution in [0, 0.1) is 17.0 Å². The number of hydrogen-bond acceptors (Lipinski definition) is 3. The number of nitro groups is 1. The highest BCUT2D eigenvalue weighted by atomic mass is 28.2. The van der Waals surface area contributed by atoms with E-state index in [2.05, 4.69) is 0 Å². The lowest BCUT2D eigenvalue weighted by atomic mass is 10.2. The smallest absolute Gasteiger partial charge is 0.269 e. The first-order valence-corrected chi connectivity index (χ1v) is 4.26. The van der Waals surface area contributed by atoms with Crippen LogP contribution in [-0.4, -0.2) is 15.4 Å². The van der Waals surface area contributed by atoms with Gasteiger partial charge in [0, 0.05) is 12.1 Å². The Bertz CT molecular complexity index is 314. The van der Waals surface area contributed by atoms with Gasteiger partial charge in [0.2, 0.25) is 10.5 Å². The first kappa shape index (κ1) is 8.73. The zero-order valence-corrected chi connectivity index (χ0v) is 8.90. The molecule has 1 aromatic carbocycles. The molecule has 0 fully saturated rings. The van der Waals surface area contributed by atoms with Crippen molar-refractivity contribution in [3.8, 4) is 5.75 Å². The second-order valence-corrected chi connectivity index (χ2v) is 2.82. The van der Waals surface area contributed by atoms with Gasteiger partial charge in [-0.15, -0.1) is 0 Å². The molecule has 0 unspecified atom stereocenters. The largest absolute Gasteiger partial charge is 0.553 e. The number of nitrogens with zero attached hydrogens (tertiary/aromatic N) is 1. The van der Waals surface area contributed by atoms with Crippen molar-refractivity contribution in [1.82, 2.24) is 0 Å². The molecule has 0 saturated heterocycles. The van der Waals surface area contributed by atoms with E-state index in [4.69, 9.17) is 4.43 Å². The molecule has 1 aromatic rings. The van der Waals surface area contributed by atoms with Crippen molar-refractivity contribution < 1.29 is 9.35 Å². The molecular formula is C7H9NO3Si. The maximum Gasteiger partial charge on any atom is 0.269 e. The molecule has 4 nitrogen and oxygen atoms in total. The number of aryl methyl sites for hydroxylation is 1. The van der Waals surface area contributed by atoms with E-state index in [0.29, 0.717) is 10.5 Å². The van der Waals surface area contributed by atoms with E-state index >= 15 is 0 Å². The lowest BCUT2D eigenvalue weighted by molar-refractivity contribution is -0.384. The van der Waals surface area contributed by atoms with Gasteiger partial charge in [0.25, 0.3) is 5.69 Å². The Kier molecular flexibility index (Phi) is 2.44. The van der Waals surface area contributed by atoms with E-state index in [0.717, 1.165) is 11.3 Å². The topological polar surface area (TPSA) is 52.4 Å². The fourth-order valence-corrected chi connectivity index (χ4v) is 1.43. The van der Waals surface area contributed by atoms with Gasteiger partial charge in [0.15, 0.2) is 0 Å². The highest BCUT2D eigenvalue weighted by molar-refractivity contribution is 6.00. The Balaban J connectivity index is 3.10. The van der Waals surface area contributed by atoms with E-state index < -0.39 is 4.92 Å². The Labute approximate surface area is 72.9 Å². The standard InChI is InChI=1S/C7H9NO3Si/c1-5-4-6(8(9)10)2-3-7(5)11-12/h2-4H,1,12H3. The van der Waals surface area contributed by atoms with Crippen LogP contribution in [0.1, 0.15) is 5.56 Å². The predicted molar refractivity (Wildman–Crippen MR) is 48.4 cm³/mol. The van der Waals surface area contributed by atoms with Gasteiger partial charge in [-0.05, 0) is 18.6 Å². The average Bonchev–Trinajstić information content (AvgIpc) is 2.04. The van der Waals surface area contributed by atoms with E-state index in [1.54, 1.807) is 13.0 Å². The van der Waals surface area contributed by atoms with Crippen LogP contribution < -0.4 is 4.43 Å². The Morgan fingerprint density at radius 1 is 1.58 bits per heavy atom. The maximum atomic E-state index is 10.3. The third-order valence-corrected chi connectivity index (χ3v) is 2.03. The van der Waals surface area contributed by atoms with Crippen molar-refractivity contribution >= 4 is 16.2 Å². The summed E-state index contributed by atoms with van der Waals surface area (Å²) in [5.74, 6) is 0.729. The van der Waals surface area contributed by atoms with Crippen molar-refractivity contribution in [2.24, 2.45) is 0 Å². The van der Waals surface area contributed by atoms with Crippen molar-refractivity contribution in [3.05, 3.63) is 33.9 Å². The number of non-ortho nitro benzene ring substituents is 1. The van der Waals surface area contributed by atoms with Crippen LogP contribution in [0.15, 0.2) is 18.2 Å². The highest BCUT2D eigenvalue weighted by Crippen LogP contribution is 2.22. The molecule has 0 bridgehead atoms. The molecular weight excluding hydrogens is 174 g/mol. The summed E-state index contributed by atoms with van der Waals surface area (Å²) in [5.41, 5.74) is 0.911. The second-order valence-electron chi connectivity index (χ2n) is 2.41. The molecule has 0 aliphatic carbocycles. The third-order valence-electron chi connectivity index (χ3n) is 1.59. The zero-order valence-electron chi connectivity index (χ0n) is 6.90. The van der Waals surface area contributed by atoms with E-state index in [-0.39, 0.29) is 5.69 Å². The van der Waals surface area contributed by atoms with Crippen LogP contribution in [0.25, 0.3) is 0 Å². The summed E-state index contributed by atoms with van der Waals surface area (Å²) < 4.78 is 5.10. The summed E-state index contributed by atoms with van der Waals surface area (Å²) in [6, 6.07) is 4.58. The Morgan fingerprint density at radius 2 is 2.25 bits per heavy atom. The fourth-order valence-electron chi connectivity index (χ4n) is 0.976. The monoisotopic (exact) mass is 183 g/mol. The molecule has 0 aliphatic heterocycles. The quantitative estimate of drug-likeness (QED) is 0.382. The minimum Gasteiger partial charge on any atom is -0.553 e.